The standard InChI is InChI=1S/C31H26ClF4N3O3/c1-19-6-10-23(11-7-19)37-30(42)38-27-16-20(25-17-22(33)9-12-24(25)29(40)41)8-13-28(27)39(15-14-31(34,35)36)18-21-4-2-3-5-26(21)32/h2-13,16-17H,14-15,18H2,1H3,(H,40,41)(H2,37,38,42). The Morgan fingerprint density at radius 1 is 0.929 bits per heavy atom. The van der Waals surface area contributed by atoms with Crippen molar-refractivity contribution in [1.82, 2.24) is 0 Å². The lowest BCUT2D eigenvalue weighted by atomic mass is 9.98. The molecule has 0 unspecified atom stereocenters. The van der Waals surface area contributed by atoms with Gasteiger partial charge in [0.05, 0.1) is 23.4 Å². The van der Waals surface area contributed by atoms with Crippen LogP contribution in [0.5, 0.6) is 0 Å². The molecule has 6 nitrogen and oxygen atoms in total. The van der Waals surface area contributed by atoms with Gasteiger partial charge in [0.2, 0.25) is 0 Å². The number of halogens is 5. The summed E-state index contributed by atoms with van der Waals surface area (Å²) in [5.41, 5.74) is 2.36. The number of carboxylic acid groups (broad SMARTS) is 1. The highest BCUT2D eigenvalue weighted by molar-refractivity contribution is 6.31. The fourth-order valence-corrected chi connectivity index (χ4v) is 4.52. The third kappa shape index (κ3) is 8.01. The molecule has 4 aromatic rings. The first-order chi connectivity index (χ1) is 19.9. The Hall–Kier alpha value is -4.57. The summed E-state index contributed by atoms with van der Waals surface area (Å²) >= 11 is 6.32. The molecule has 42 heavy (non-hydrogen) atoms. The van der Waals surface area contributed by atoms with E-state index in [0.717, 1.165) is 23.8 Å². The lowest BCUT2D eigenvalue weighted by Crippen LogP contribution is -2.29. The predicted molar refractivity (Wildman–Crippen MR) is 156 cm³/mol. The van der Waals surface area contributed by atoms with Crippen LogP contribution in [0.3, 0.4) is 0 Å². The van der Waals surface area contributed by atoms with Crippen LogP contribution in [0.25, 0.3) is 11.1 Å². The third-order valence-electron chi connectivity index (χ3n) is 6.40. The Bertz CT molecular complexity index is 1590. The highest BCUT2D eigenvalue weighted by atomic mass is 35.5. The SMILES string of the molecule is Cc1ccc(NC(=O)Nc2cc(-c3cc(F)ccc3C(=O)O)ccc2N(CCC(F)(F)F)Cc2ccccc2Cl)cc1. The normalized spacial score (nSPS) is 11.2. The number of anilines is 3. The molecule has 0 fully saturated rings. The second-order valence-electron chi connectivity index (χ2n) is 9.55. The van der Waals surface area contributed by atoms with Gasteiger partial charge < -0.3 is 20.6 Å². The van der Waals surface area contributed by atoms with Gasteiger partial charge in [-0.25, -0.2) is 14.0 Å². The number of rotatable bonds is 9. The minimum Gasteiger partial charge on any atom is -0.478 e. The van der Waals surface area contributed by atoms with Crippen molar-refractivity contribution in [3.8, 4) is 11.1 Å². The molecule has 4 rings (SSSR count). The zero-order chi connectivity index (χ0) is 30.4. The van der Waals surface area contributed by atoms with Gasteiger partial charge >= 0.3 is 18.2 Å². The number of carbonyl (C=O) groups excluding carboxylic acids is 1. The topological polar surface area (TPSA) is 81.7 Å². The fourth-order valence-electron chi connectivity index (χ4n) is 4.32. The first-order valence-corrected chi connectivity index (χ1v) is 13.1. The van der Waals surface area contributed by atoms with Crippen molar-refractivity contribution in [2.75, 3.05) is 22.1 Å². The highest BCUT2D eigenvalue weighted by Gasteiger charge is 2.29. The van der Waals surface area contributed by atoms with Crippen LogP contribution in [0.4, 0.5) is 39.4 Å². The van der Waals surface area contributed by atoms with Gasteiger partial charge in [0.1, 0.15) is 5.82 Å². The summed E-state index contributed by atoms with van der Waals surface area (Å²) < 4.78 is 54.2. The van der Waals surface area contributed by atoms with E-state index in [0.29, 0.717) is 16.3 Å². The molecule has 4 aromatic carbocycles. The van der Waals surface area contributed by atoms with Crippen LogP contribution in [0.15, 0.2) is 84.9 Å². The van der Waals surface area contributed by atoms with Crippen LogP contribution in [0.2, 0.25) is 5.02 Å². The number of hydrogen-bond donors (Lipinski definition) is 3. The largest absolute Gasteiger partial charge is 0.478 e. The first kappa shape index (κ1) is 30.4. The maximum atomic E-state index is 14.2. The van der Waals surface area contributed by atoms with Gasteiger partial charge in [0.25, 0.3) is 0 Å². The number of nitrogens with one attached hydrogen (secondary N) is 2. The van der Waals surface area contributed by atoms with E-state index in [-0.39, 0.29) is 34.6 Å². The number of aryl methyl sites for hydroxylation is 1. The summed E-state index contributed by atoms with van der Waals surface area (Å²) in [4.78, 5) is 26.3. The number of hydrogen-bond acceptors (Lipinski definition) is 3. The Labute approximate surface area is 244 Å². The molecular weight excluding hydrogens is 574 g/mol. The second-order valence-corrected chi connectivity index (χ2v) is 9.96. The van der Waals surface area contributed by atoms with E-state index < -0.39 is 37.0 Å². The van der Waals surface area contributed by atoms with E-state index in [1.54, 1.807) is 48.5 Å². The van der Waals surface area contributed by atoms with Crippen LogP contribution in [0.1, 0.15) is 27.9 Å². The van der Waals surface area contributed by atoms with Crippen molar-refractivity contribution in [1.29, 1.82) is 0 Å². The van der Waals surface area contributed by atoms with Crippen LogP contribution in [-0.4, -0.2) is 29.8 Å². The number of carboxylic acids is 1. The van der Waals surface area contributed by atoms with Gasteiger partial charge in [-0.1, -0.05) is 53.6 Å². The summed E-state index contributed by atoms with van der Waals surface area (Å²) in [6.45, 7) is 1.39. The predicted octanol–water partition coefficient (Wildman–Crippen LogP) is 8.76. The van der Waals surface area contributed by atoms with E-state index in [1.807, 2.05) is 6.92 Å². The van der Waals surface area contributed by atoms with Crippen LogP contribution in [-0.2, 0) is 6.54 Å². The molecule has 0 aliphatic heterocycles. The van der Waals surface area contributed by atoms with Crippen LogP contribution >= 0.6 is 11.6 Å². The van der Waals surface area contributed by atoms with Gasteiger partial charge in [-0.2, -0.15) is 13.2 Å². The molecule has 0 atom stereocenters. The van der Waals surface area contributed by atoms with Crippen molar-refractivity contribution in [3.63, 3.8) is 0 Å². The van der Waals surface area contributed by atoms with Gasteiger partial charge in [0, 0.05) is 23.8 Å². The van der Waals surface area contributed by atoms with Gasteiger partial charge in [0.15, 0.2) is 0 Å². The molecule has 0 heterocycles. The van der Waals surface area contributed by atoms with Gasteiger partial charge in [-0.15, -0.1) is 0 Å². The maximum absolute atomic E-state index is 14.2. The number of nitrogens with zero attached hydrogens (tertiary/aromatic N) is 1. The zero-order valence-corrected chi connectivity index (χ0v) is 23.1. The molecular formula is C31H26ClF4N3O3. The Kier molecular flexibility index (Phi) is 9.37. The number of amides is 2. The van der Waals surface area contributed by atoms with Crippen molar-refractivity contribution >= 4 is 40.7 Å². The van der Waals surface area contributed by atoms with Crippen molar-refractivity contribution in [3.05, 3.63) is 112 Å². The molecule has 11 heteroatoms. The van der Waals surface area contributed by atoms with Crippen molar-refractivity contribution in [2.45, 2.75) is 26.1 Å². The summed E-state index contributed by atoms with van der Waals surface area (Å²) in [6, 6.07) is 20.5. The van der Waals surface area contributed by atoms with Gasteiger partial charge in [-0.05, 0) is 72.1 Å². The van der Waals surface area contributed by atoms with E-state index >= 15 is 0 Å². The lowest BCUT2D eigenvalue weighted by Gasteiger charge is -2.29. The summed E-state index contributed by atoms with van der Waals surface area (Å²) in [7, 11) is 0. The monoisotopic (exact) mass is 599 g/mol. The maximum Gasteiger partial charge on any atom is 0.390 e. The Morgan fingerprint density at radius 2 is 1.64 bits per heavy atom. The zero-order valence-electron chi connectivity index (χ0n) is 22.3. The number of urea groups is 1. The van der Waals surface area contributed by atoms with E-state index in [1.165, 1.54) is 23.1 Å². The Balaban J connectivity index is 1.80. The minimum absolute atomic E-state index is 0.0241. The summed E-state index contributed by atoms with van der Waals surface area (Å²) in [6.07, 6.45) is -5.62. The lowest BCUT2D eigenvalue weighted by molar-refractivity contribution is -0.132. The molecule has 0 aliphatic rings. The van der Waals surface area contributed by atoms with Crippen molar-refractivity contribution in [2.24, 2.45) is 0 Å². The molecule has 0 aliphatic carbocycles. The molecule has 0 aromatic heterocycles. The van der Waals surface area contributed by atoms with Gasteiger partial charge in [-0.3, -0.25) is 0 Å². The number of carbonyl (C=O) groups is 2. The average molecular weight is 600 g/mol. The van der Waals surface area contributed by atoms with Crippen LogP contribution < -0.4 is 15.5 Å². The molecule has 3 N–H and O–H groups in total. The average Bonchev–Trinajstić information content (AvgIpc) is 2.92. The van der Waals surface area contributed by atoms with E-state index in [4.69, 9.17) is 11.6 Å². The second kappa shape index (κ2) is 12.9. The molecule has 2 amide bonds. The molecule has 0 radical (unpaired) electrons. The molecule has 218 valence electrons. The molecule has 0 saturated carbocycles. The minimum atomic E-state index is -4.47. The smallest absolute Gasteiger partial charge is 0.390 e. The summed E-state index contributed by atoms with van der Waals surface area (Å²) in [5, 5.41) is 15.4. The number of alkyl halides is 3. The van der Waals surface area contributed by atoms with E-state index in [9.17, 15) is 32.3 Å². The van der Waals surface area contributed by atoms with E-state index in [2.05, 4.69) is 10.6 Å². The number of benzene rings is 4. The fraction of sp³-hybridized carbons (Fsp3) is 0.161. The summed E-state index contributed by atoms with van der Waals surface area (Å²) in [5.74, 6) is -1.98. The molecule has 0 saturated heterocycles. The quantitative estimate of drug-likeness (QED) is 0.168. The Morgan fingerprint density at radius 3 is 2.31 bits per heavy atom. The molecule has 0 spiro atoms. The van der Waals surface area contributed by atoms with Crippen LogP contribution in [0, 0.1) is 12.7 Å². The molecule has 0 bridgehead atoms. The van der Waals surface area contributed by atoms with Crippen molar-refractivity contribution < 1.29 is 32.3 Å². The third-order valence-corrected chi connectivity index (χ3v) is 6.77. The first-order valence-electron chi connectivity index (χ1n) is 12.8. The number of aromatic carboxylic acids is 1. The highest BCUT2D eigenvalue weighted by Crippen LogP contribution is 2.36.